The van der Waals surface area contributed by atoms with Crippen LogP contribution in [0, 0.1) is 0 Å². The molecule has 106 valence electrons. The first-order valence-electron chi connectivity index (χ1n) is 5.81. The van der Waals surface area contributed by atoms with Crippen molar-refractivity contribution >= 4 is 29.5 Å². The number of carbonyl (C=O) groups excluding carboxylic acids is 1. The lowest BCUT2D eigenvalue weighted by molar-refractivity contribution is -0.141. The van der Waals surface area contributed by atoms with Crippen LogP contribution in [0.25, 0.3) is 0 Å². The molecule has 0 amide bonds. The van der Waals surface area contributed by atoms with Crippen molar-refractivity contribution < 1.29 is 9.53 Å². The van der Waals surface area contributed by atoms with Crippen molar-refractivity contribution in [2.24, 2.45) is 0 Å². The average molecular weight is 310 g/mol. The summed E-state index contributed by atoms with van der Waals surface area (Å²) in [7, 11) is 1.34. The van der Waals surface area contributed by atoms with Gasteiger partial charge in [-0.15, -0.1) is 16.9 Å². The van der Waals surface area contributed by atoms with E-state index in [9.17, 15) is 4.79 Å². The summed E-state index contributed by atoms with van der Waals surface area (Å²) in [5, 5.41) is 11.9. The van der Waals surface area contributed by atoms with Gasteiger partial charge in [0.25, 0.3) is 0 Å². The zero-order valence-electron chi connectivity index (χ0n) is 11.1. The molecule has 6 nitrogen and oxygen atoms in total. The molecule has 1 aromatic carbocycles. The number of carbonyl (C=O) groups is 1. The Morgan fingerprint density at radius 3 is 2.75 bits per heavy atom. The van der Waals surface area contributed by atoms with Gasteiger partial charge >= 0.3 is 5.97 Å². The van der Waals surface area contributed by atoms with Gasteiger partial charge in [-0.1, -0.05) is 23.9 Å². The smallest absolute Gasteiger partial charge is 0.327 e. The first kappa shape index (κ1) is 14.9. The Balaban J connectivity index is 1.96. The third kappa shape index (κ3) is 3.97. The van der Waals surface area contributed by atoms with E-state index in [1.165, 1.54) is 34.0 Å². The molecule has 0 N–H and O–H groups in total. The third-order valence-corrected chi connectivity index (χ3v) is 4.30. The zero-order chi connectivity index (χ0) is 14.4. The molecular formula is C12H14N4O2S2. The number of aromatic nitrogens is 4. The number of benzene rings is 1. The quantitative estimate of drug-likeness (QED) is 0.596. The number of nitrogens with zero attached hydrogens (tertiary/aromatic N) is 4. The van der Waals surface area contributed by atoms with Gasteiger partial charge in [-0.25, -0.2) is 4.68 Å². The minimum atomic E-state index is -0.372. The Bertz CT molecular complexity index is 571. The summed E-state index contributed by atoms with van der Waals surface area (Å²) in [6, 6.07) is 8.32. The number of ether oxygens (including phenoxy) is 1. The molecule has 0 radical (unpaired) electrons. The molecule has 0 fully saturated rings. The average Bonchev–Trinajstić information content (AvgIpc) is 2.92. The molecule has 1 heterocycles. The van der Waals surface area contributed by atoms with E-state index < -0.39 is 0 Å². The van der Waals surface area contributed by atoms with Crippen molar-refractivity contribution in [3.63, 3.8) is 0 Å². The summed E-state index contributed by atoms with van der Waals surface area (Å²) in [6.07, 6.45) is 2.05. The number of thioether (sulfide) groups is 2. The van der Waals surface area contributed by atoms with E-state index in [1.807, 2.05) is 6.26 Å². The fourth-order valence-corrected chi connectivity index (χ4v) is 2.70. The predicted octanol–water partition coefficient (Wildman–Crippen LogP) is 1.86. The van der Waals surface area contributed by atoms with E-state index in [4.69, 9.17) is 0 Å². The largest absolute Gasteiger partial charge is 0.468 e. The minimum Gasteiger partial charge on any atom is -0.468 e. The Hall–Kier alpha value is -1.54. The number of hydrogen-bond donors (Lipinski definition) is 0. The second-order valence-electron chi connectivity index (χ2n) is 3.83. The van der Waals surface area contributed by atoms with Gasteiger partial charge in [0.2, 0.25) is 5.16 Å². The first-order valence-corrected chi connectivity index (χ1v) is 8.02. The maximum atomic E-state index is 11.2. The van der Waals surface area contributed by atoms with Crippen molar-refractivity contribution in [1.29, 1.82) is 0 Å². The van der Waals surface area contributed by atoms with Gasteiger partial charge in [0.15, 0.2) is 0 Å². The number of hydrogen-bond acceptors (Lipinski definition) is 7. The first-order chi connectivity index (χ1) is 9.72. The summed E-state index contributed by atoms with van der Waals surface area (Å²) in [4.78, 5) is 12.5. The second kappa shape index (κ2) is 7.30. The summed E-state index contributed by atoms with van der Waals surface area (Å²) in [6.45, 7) is 0.0250. The van der Waals surface area contributed by atoms with Gasteiger partial charge in [-0.2, -0.15) is 0 Å². The highest BCUT2D eigenvalue weighted by Crippen LogP contribution is 2.22. The Kier molecular flexibility index (Phi) is 5.42. The van der Waals surface area contributed by atoms with Crippen molar-refractivity contribution in [3.8, 4) is 0 Å². The number of tetrazole rings is 1. The van der Waals surface area contributed by atoms with E-state index >= 15 is 0 Å². The Morgan fingerprint density at radius 1 is 1.35 bits per heavy atom. The second-order valence-corrected chi connectivity index (χ2v) is 5.65. The lowest BCUT2D eigenvalue weighted by Gasteiger charge is -2.04. The van der Waals surface area contributed by atoms with Crippen LogP contribution in [0.1, 0.15) is 5.56 Å². The van der Waals surface area contributed by atoms with Crippen LogP contribution in [0.4, 0.5) is 0 Å². The molecule has 0 saturated heterocycles. The van der Waals surface area contributed by atoms with Gasteiger partial charge < -0.3 is 4.74 Å². The van der Waals surface area contributed by atoms with Gasteiger partial charge in [-0.05, 0) is 34.4 Å². The summed E-state index contributed by atoms with van der Waals surface area (Å²) in [5.74, 6) is 0.374. The van der Waals surface area contributed by atoms with Crippen molar-refractivity contribution in [2.45, 2.75) is 22.3 Å². The lowest BCUT2D eigenvalue weighted by Crippen LogP contribution is -2.13. The molecule has 0 unspecified atom stereocenters. The summed E-state index contributed by atoms with van der Waals surface area (Å²) in [5.41, 5.74) is 1.18. The van der Waals surface area contributed by atoms with Crippen LogP contribution >= 0.6 is 23.5 Å². The molecule has 2 aromatic rings. The summed E-state index contributed by atoms with van der Waals surface area (Å²) < 4.78 is 6.04. The third-order valence-electron chi connectivity index (χ3n) is 2.53. The van der Waals surface area contributed by atoms with Crippen molar-refractivity contribution in [3.05, 3.63) is 29.8 Å². The monoisotopic (exact) mass is 310 g/mol. The molecule has 0 aliphatic rings. The van der Waals surface area contributed by atoms with Crippen LogP contribution in [0.3, 0.4) is 0 Å². The van der Waals surface area contributed by atoms with Gasteiger partial charge in [0.1, 0.15) is 6.54 Å². The topological polar surface area (TPSA) is 69.9 Å². The van der Waals surface area contributed by atoms with Gasteiger partial charge in [0, 0.05) is 10.6 Å². The Morgan fingerprint density at radius 2 is 2.10 bits per heavy atom. The summed E-state index contributed by atoms with van der Waals surface area (Å²) >= 11 is 3.20. The molecule has 8 heteroatoms. The number of esters is 1. The standard InChI is InChI=1S/C12H14N4O2S2/c1-18-11(17)7-16-12(13-14-15-16)20-8-9-3-5-10(19-2)6-4-9/h3-6H,7-8H2,1-2H3. The van der Waals surface area contributed by atoms with E-state index in [-0.39, 0.29) is 12.5 Å². The number of methoxy groups -OCH3 is 1. The van der Waals surface area contributed by atoms with Crippen LogP contribution in [-0.2, 0) is 21.8 Å². The fraction of sp³-hybridized carbons (Fsp3) is 0.333. The van der Waals surface area contributed by atoms with E-state index in [0.717, 1.165) is 5.75 Å². The van der Waals surface area contributed by atoms with E-state index in [1.54, 1.807) is 11.8 Å². The highest BCUT2D eigenvalue weighted by atomic mass is 32.2. The highest BCUT2D eigenvalue weighted by Gasteiger charge is 2.11. The molecule has 0 aliphatic carbocycles. The molecule has 0 spiro atoms. The van der Waals surface area contributed by atoms with E-state index in [0.29, 0.717) is 5.16 Å². The SMILES string of the molecule is COC(=O)Cn1nnnc1SCc1ccc(SC)cc1. The van der Waals surface area contributed by atoms with Crippen LogP contribution in [0.2, 0.25) is 0 Å². The molecule has 2 rings (SSSR count). The normalized spacial score (nSPS) is 10.5. The highest BCUT2D eigenvalue weighted by molar-refractivity contribution is 7.98. The predicted molar refractivity (Wildman–Crippen MR) is 77.6 cm³/mol. The molecule has 0 bridgehead atoms. The minimum absolute atomic E-state index is 0.0250. The molecule has 0 atom stereocenters. The maximum absolute atomic E-state index is 11.2. The Labute approximate surface area is 125 Å². The van der Waals surface area contributed by atoms with Crippen LogP contribution < -0.4 is 0 Å². The van der Waals surface area contributed by atoms with Crippen molar-refractivity contribution in [2.75, 3.05) is 13.4 Å². The van der Waals surface area contributed by atoms with Crippen LogP contribution in [0.5, 0.6) is 0 Å². The maximum Gasteiger partial charge on any atom is 0.327 e. The van der Waals surface area contributed by atoms with Crippen LogP contribution in [0.15, 0.2) is 34.3 Å². The van der Waals surface area contributed by atoms with Gasteiger partial charge in [0.05, 0.1) is 7.11 Å². The molecule has 0 aliphatic heterocycles. The van der Waals surface area contributed by atoms with Crippen LogP contribution in [-0.4, -0.2) is 39.5 Å². The molecule has 20 heavy (non-hydrogen) atoms. The van der Waals surface area contributed by atoms with Gasteiger partial charge in [-0.3, -0.25) is 4.79 Å². The molecule has 1 aromatic heterocycles. The van der Waals surface area contributed by atoms with E-state index in [2.05, 4.69) is 44.5 Å². The molecular weight excluding hydrogens is 296 g/mol. The zero-order valence-corrected chi connectivity index (χ0v) is 12.8. The fourth-order valence-electron chi connectivity index (χ4n) is 1.46. The lowest BCUT2D eigenvalue weighted by atomic mass is 10.2. The molecule has 0 saturated carbocycles. The number of rotatable bonds is 6. The van der Waals surface area contributed by atoms with Crippen molar-refractivity contribution in [1.82, 2.24) is 20.2 Å².